The first-order valence-corrected chi connectivity index (χ1v) is 7.11. The van der Waals surface area contributed by atoms with E-state index in [0.29, 0.717) is 17.6 Å². The monoisotopic (exact) mass is 247 g/mol. The van der Waals surface area contributed by atoms with Gasteiger partial charge in [-0.25, -0.2) is 0 Å². The summed E-state index contributed by atoms with van der Waals surface area (Å²) in [4.78, 5) is 10.9. The smallest absolute Gasteiger partial charge is 0.320 e. The summed E-state index contributed by atoms with van der Waals surface area (Å²) in [5.41, 5.74) is 0. The third-order valence-corrected chi connectivity index (χ3v) is 4.21. The van der Waals surface area contributed by atoms with Crippen molar-refractivity contribution in [1.82, 2.24) is 5.32 Å². The Labute approximate surface area is 103 Å². The van der Waals surface area contributed by atoms with Crippen LogP contribution in [0.3, 0.4) is 0 Å². The quantitative estimate of drug-likeness (QED) is 0.657. The highest BCUT2D eigenvalue weighted by Crippen LogP contribution is 2.19. The van der Waals surface area contributed by atoms with Crippen molar-refractivity contribution < 1.29 is 9.90 Å². The molecule has 0 amide bonds. The zero-order valence-electron chi connectivity index (χ0n) is 10.8. The van der Waals surface area contributed by atoms with Crippen LogP contribution in [-0.4, -0.2) is 34.7 Å². The number of aliphatic carboxylic acids is 1. The Kier molecular flexibility index (Phi) is 8.76. The van der Waals surface area contributed by atoms with Crippen molar-refractivity contribution in [2.75, 3.05) is 12.3 Å². The molecule has 0 heterocycles. The van der Waals surface area contributed by atoms with Crippen molar-refractivity contribution in [3.05, 3.63) is 0 Å². The maximum absolute atomic E-state index is 10.9. The maximum atomic E-state index is 10.9. The second-order valence-electron chi connectivity index (χ2n) is 4.45. The van der Waals surface area contributed by atoms with E-state index in [1.54, 1.807) is 0 Å². The zero-order valence-corrected chi connectivity index (χ0v) is 11.6. The van der Waals surface area contributed by atoms with Crippen molar-refractivity contribution >= 4 is 17.7 Å². The number of carbonyl (C=O) groups is 1. The van der Waals surface area contributed by atoms with Gasteiger partial charge in [0.2, 0.25) is 0 Å². The molecule has 0 saturated heterocycles. The lowest BCUT2D eigenvalue weighted by atomic mass is 10.2. The molecule has 0 aromatic carbocycles. The van der Waals surface area contributed by atoms with Gasteiger partial charge in [0.15, 0.2) is 0 Å². The van der Waals surface area contributed by atoms with E-state index in [2.05, 4.69) is 26.1 Å². The van der Waals surface area contributed by atoms with Gasteiger partial charge >= 0.3 is 5.97 Å². The number of thioether (sulfide) groups is 1. The molecule has 96 valence electrons. The Morgan fingerprint density at radius 3 is 2.44 bits per heavy atom. The molecular formula is C12H25NO2S. The lowest BCUT2D eigenvalue weighted by Gasteiger charge is -2.17. The third kappa shape index (κ3) is 7.12. The summed E-state index contributed by atoms with van der Waals surface area (Å²) in [6.45, 7) is 9.41. The van der Waals surface area contributed by atoms with Crippen LogP contribution < -0.4 is 5.32 Å². The summed E-state index contributed by atoms with van der Waals surface area (Å²) in [5.74, 6) is 0.829. The van der Waals surface area contributed by atoms with Crippen LogP contribution in [0.2, 0.25) is 0 Å². The Morgan fingerprint density at radius 1 is 1.38 bits per heavy atom. The molecule has 3 nitrogen and oxygen atoms in total. The van der Waals surface area contributed by atoms with Crippen molar-refractivity contribution in [2.24, 2.45) is 5.92 Å². The topological polar surface area (TPSA) is 49.3 Å². The van der Waals surface area contributed by atoms with Gasteiger partial charge in [-0.15, -0.1) is 0 Å². The molecule has 0 rings (SSSR count). The van der Waals surface area contributed by atoms with Crippen LogP contribution in [0.1, 0.15) is 40.5 Å². The second kappa shape index (κ2) is 8.88. The molecular weight excluding hydrogens is 222 g/mol. The van der Waals surface area contributed by atoms with Gasteiger partial charge in [-0.2, -0.15) is 11.8 Å². The highest BCUT2D eigenvalue weighted by Gasteiger charge is 2.16. The summed E-state index contributed by atoms with van der Waals surface area (Å²) in [7, 11) is 0. The largest absolute Gasteiger partial charge is 0.480 e. The Hall–Kier alpha value is -0.220. The van der Waals surface area contributed by atoms with Gasteiger partial charge in [-0.1, -0.05) is 27.7 Å². The fraction of sp³-hybridized carbons (Fsp3) is 0.917. The van der Waals surface area contributed by atoms with Crippen LogP contribution in [-0.2, 0) is 4.79 Å². The molecule has 0 saturated carbocycles. The van der Waals surface area contributed by atoms with Gasteiger partial charge in [0.05, 0.1) is 0 Å². The van der Waals surface area contributed by atoms with Gasteiger partial charge in [-0.05, 0) is 31.1 Å². The maximum Gasteiger partial charge on any atom is 0.320 e. The molecule has 0 radical (unpaired) electrons. The number of hydrogen-bond donors (Lipinski definition) is 2. The first-order chi connectivity index (χ1) is 7.49. The molecule has 2 unspecified atom stereocenters. The lowest BCUT2D eigenvalue weighted by molar-refractivity contribution is -0.139. The minimum atomic E-state index is -0.730. The molecule has 0 aromatic heterocycles. The standard InChI is InChI=1S/C12H25NO2S/c1-5-7-13-11(12(14)15)6-8-16-10(4)9(2)3/h9-11,13H,5-8H2,1-4H3,(H,14,15). The van der Waals surface area contributed by atoms with Crippen molar-refractivity contribution in [3.8, 4) is 0 Å². The average Bonchev–Trinajstić information content (AvgIpc) is 2.21. The second-order valence-corrected chi connectivity index (χ2v) is 5.94. The highest BCUT2D eigenvalue weighted by molar-refractivity contribution is 7.99. The van der Waals surface area contributed by atoms with E-state index in [1.165, 1.54) is 0 Å². The van der Waals surface area contributed by atoms with E-state index in [4.69, 9.17) is 5.11 Å². The van der Waals surface area contributed by atoms with Crippen molar-refractivity contribution in [2.45, 2.75) is 51.8 Å². The fourth-order valence-corrected chi connectivity index (χ4v) is 2.32. The minimum Gasteiger partial charge on any atom is -0.480 e. The summed E-state index contributed by atoms with van der Waals surface area (Å²) in [6, 6.07) is -0.383. The van der Waals surface area contributed by atoms with Gasteiger partial charge in [0.1, 0.15) is 6.04 Å². The Morgan fingerprint density at radius 2 is 2.00 bits per heavy atom. The van der Waals surface area contributed by atoms with Gasteiger partial charge < -0.3 is 10.4 Å². The molecule has 0 aromatic rings. The number of rotatable bonds is 9. The summed E-state index contributed by atoms with van der Waals surface area (Å²) >= 11 is 1.86. The van der Waals surface area contributed by atoms with E-state index in [0.717, 1.165) is 18.7 Å². The van der Waals surface area contributed by atoms with Crippen LogP contribution in [0.25, 0.3) is 0 Å². The molecule has 0 aliphatic rings. The van der Waals surface area contributed by atoms with Gasteiger partial charge in [0.25, 0.3) is 0 Å². The highest BCUT2D eigenvalue weighted by atomic mass is 32.2. The van der Waals surface area contributed by atoms with E-state index in [-0.39, 0.29) is 6.04 Å². The minimum absolute atomic E-state index is 0.383. The zero-order chi connectivity index (χ0) is 12.6. The third-order valence-electron chi connectivity index (χ3n) is 2.66. The number of nitrogens with one attached hydrogen (secondary N) is 1. The number of carboxylic acids is 1. The first-order valence-electron chi connectivity index (χ1n) is 6.06. The van der Waals surface area contributed by atoms with Crippen LogP contribution >= 0.6 is 11.8 Å². The van der Waals surface area contributed by atoms with Gasteiger partial charge in [0, 0.05) is 5.25 Å². The van der Waals surface area contributed by atoms with Crippen molar-refractivity contribution in [3.63, 3.8) is 0 Å². The molecule has 2 N–H and O–H groups in total. The molecule has 0 aliphatic heterocycles. The van der Waals surface area contributed by atoms with E-state index >= 15 is 0 Å². The number of hydrogen-bond acceptors (Lipinski definition) is 3. The van der Waals surface area contributed by atoms with E-state index in [9.17, 15) is 4.79 Å². The lowest BCUT2D eigenvalue weighted by Crippen LogP contribution is -2.37. The summed E-state index contributed by atoms with van der Waals surface area (Å²) in [6.07, 6.45) is 1.68. The predicted octanol–water partition coefficient (Wildman–Crippen LogP) is 2.61. The van der Waals surface area contributed by atoms with E-state index in [1.807, 2.05) is 18.7 Å². The molecule has 0 fully saturated rings. The summed E-state index contributed by atoms with van der Waals surface area (Å²) < 4.78 is 0. The molecule has 16 heavy (non-hydrogen) atoms. The molecule has 0 bridgehead atoms. The Balaban J connectivity index is 3.80. The Bertz CT molecular complexity index is 197. The average molecular weight is 247 g/mol. The van der Waals surface area contributed by atoms with Crippen LogP contribution in [0.5, 0.6) is 0 Å². The van der Waals surface area contributed by atoms with Gasteiger partial charge in [-0.3, -0.25) is 4.79 Å². The number of carboxylic acid groups (broad SMARTS) is 1. The predicted molar refractivity (Wildman–Crippen MR) is 71.1 cm³/mol. The SMILES string of the molecule is CCCNC(CCSC(C)C(C)C)C(=O)O. The van der Waals surface area contributed by atoms with E-state index < -0.39 is 5.97 Å². The van der Waals surface area contributed by atoms with Crippen molar-refractivity contribution in [1.29, 1.82) is 0 Å². The first kappa shape index (κ1) is 15.8. The van der Waals surface area contributed by atoms with Crippen LogP contribution in [0.15, 0.2) is 0 Å². The van der Waals surface area contributed by atoms with Crippen LogP contribution in [0, 0.1) is 5.92 Å². The fourth-order valence-electron chi connectivity index (χ4n) is 1.20. The molecule has 4 heteroatoms. The summed E-state index contributed by atoms with van der Waals surface area (Å²) in [5, 5.41) is 12.7. The normalized spacial score (nSPS) is 15.1. The molecule has 0 spiro atoms. The van der Waals surface area contributed by atoms with Crippen LogP contribution in [0.4, 0.5) is 0 Å². The molecule has 2 atom stereocenters. The molecule has 0 aliphatic carbocycles.